The molecule has 0 atom stereocenters. The van der Waals surface area contributed by atoms with Gasteiger partial charge in [-0.3, -0.25) is 0 Å². The monoisotopic (exact) mass is 297 g/mol. The van der Waals surface area contributed by atoms with Crippen LogP contribution >= 0.6 is 0 Å². The molecule has 0 unspecified atom stereocenters. The lowest BCUT2D eigenvalue weighted by molar-refractivity contribution is 1.23. The van der Waals surface area contributed by atoms with Crippen molar-refractivity contribution < 1.29 is 0 Å². The molecule has 1 N–H and O–H groups in total. The largest absolute Gasteiger partial charge is 0.356 e. The fourth-order valence-corrected chi connectivity index (χ4v) is 2.47. The molecule has 23 heavy (non-hydrogen) atoms. The van der Waals surface area contributed by atoms with Crippen LogP contribution in [0.25, 0.3) is 35.3 Å². The zero-order valence-corrected chi connectivity index (χ0v) is 12.5. The van der Waals surface area contributed by atoms with Gasteiger partial charge in [0.25, 0.3) is 0 Å². The van der Waals surface area contributed by atoms with E-state index in [1.54, 1.807) is 0 Å². The van der Waals surface area contributed by atoms with Gasteiger partial charge in [-0.15, -0.1) is 0 Å². The number of nitrogens with zero attached hydrogens (tertiary/aromatic N) is 2. The van der Waals surface area contributed by atoms with Gasteiger partial charge in [-0.25, -0.2) is 9.97 Å². The van der Waals surface area contributed by atoms with Gasteiger partial charge in [0.2, 0.25) is 0 Å². The molecule has 2 aliphatic heterocycles. The van der Waals surface area contributed by atoms with Crippen LogP contribution in [0.1, 0.15) is 22.8 Å². The lowest BCUT2D eigenvalue weighted by Gasteiger charge is -1.86. The Balaban J connectivity index is 1.94. The first-order chi connectivity index (χ1) is 11.4. The lowest BCUT2D eigenvalue weighted by atomic mass is 10.3. The van der Waals surface area contributed by atoms with Crippen LogP contribution in [0.5, 0.6) is 0 Å². The Morgan fingerprint density at radius 3 is 1.83 bits per heavy atom. The maximum atomic E-state index is 4.61. The topological polar surface area (TPSA) is 41.6 Å². The zero-order chi connectivity index (χ0) is 15.5. The van der Waals surface area contributed by atoms with Gasteiger partial charge >= 0.3 is 0 Å². The number of nitrogens with one attached hydrogen (secondary N) is 1. The number of hydrogen-bond acceptors (Lipinski definition) is 2. The smallest absolute Gasteiger partial charge is 0.0894 e. The van der Waals surface area contributed by atoms with Crippen LogP contribution in [0.3, 0.4) is 0 Å². The van der Waals surface area contributed by atoms with Crippen LogP contribution in [0.4, 0.5) is 0 Å². The first-order valence-electron chi connectivity index (χ1n) is 7.53. The van der Waals surface area contributed by atoms with Crippen molar-refractivity contribution in [3.05, 3.63) is 83.4 Å². The fraction of sp³-hybridized carbons (Fsp3) is 0. The second kappa shape index (κ2) is 5.89. The maximum absolute atomic E-state index is 4.61. The second-order valence-corrected chi connectivity index (χ2v) is 5.32. The Morgan fingerprint density at radius 1 is 0.522 bits per heavy atom. The van der Waals surface area contributed by atoms with Crippen molar-refractivity contribution in [2.75, 3.05) is 0 Å². The Morgan fingerprint density at radius 2 is 1.09 bits per heavy atom. The number of aromatic amines is 1. The summed E-state index contributed by atoms with van der Waals surface area (Å²) in [4.78, 5) is 12.5. The lowest BCUT2D eigenvalue weighted by Crippen LogP contribution is -1.81. The summed E-state index contributed by atoms with van der Waals surface area (Å²) in [6.07, 6.45) is 8.01. The Labute approximate surface area is 134 Å². The number of fused-ring (bicyclic) bond motifs is 7. The number of hydrogen-bond donors (Lipinski definition) is 1. The summed E-state index contributed by atoms with van der Waals surface area (Å²) in [6.45, 7) is 0. The summed E-state index contributed by atoms with van der Waals surface area (Å²) in [5.41, 5.74) is 5.79. The molecule has 2 aromatic rings. The van der Waals surface area contributed by atoms with Crippen LogP contribution in [0, 0.1) is 0 Å². The minimum absolute atomic E-state index is 0.901. The third-order valence-electron chi connectivity index (χ3n) is 3.63. The molecule has 0 saturated carbocycles. The Hall–Kier alpha value is -3.20. The van der Waals surface area contributed by atoms with E-state index in [0.29, 0.717) is 0 Å². The van der Waals surface area contributed by atoms with Gasteiger partial charge in [-0.2, -0.15) is 0 Å². The molecule has 2 aromatic heterocycles. The van der Waals surface area contributed by atoms with Gasteiger partial charge in [0.15, 0.2) is 0 Å². The molecule has 0 fully saturated rings. The molecular weight excluding hydrogens is 282 g/mol. The highest BCUT2D eigenvalue weighted by atomic mass is 14.8. The average molecular weight is 297 g/mol. The maximum Gasteiger partial charge on any atom is 0.0894 e. The number of aromatic nitrogens is 3. The molecule has 6 bridgehead atoms. The van der Waals surface area contributed by atoms with Gasteiger partial charge in [0, 0.05) is 11.0 Å². The third-order valence-corrected chi connectivity index (χ3v) is 3.63. The van der Waals surface area contributed by atoms with Gasteiger partial charge in [-0.1, -0.05) is 24.3 Å². The van der Waals surface area contributed by atoms with Gasteiger partial charge in [0.1, 0.15) is 0 Å². The standard InChI is InChI=1S/C20H15N3/c1-2-4-6-16-11-13-19(22-16)20-14-12-18(23-20)10-9-17-8-7-15(21-17)5-3-1/h1-14,21H. The Kier molecular flexibility index (Phi) is 3.45. The quantitative estimate of drug-likeness (QED) is 0.509. The minimum Gasteiger partial charge on any atom is -0.356 e. The van der Waals surface area contributed by atoms with Crippen molar-refractivity contribution in [1.82, 2.24) is 15.0 Å². The van der Waals surface area contributed by atoms with Crippen molar-refractivity contribution >= 4 is 35.3 Å². The number of H-pyrrole nitrogens is 1. The predicted octanol–water partition coefficient (Wildman–Crippen LogP) is 4.74. The van der Waals surface area contributed by atoms with E-state index in [2.05, 4.69) is 27.1 Å². The van der Waals surface area contributed by atoms with Gasteiger partial charge in [0.05, 0.1) is 22.8 Å². The summed E-state index contributed by atoms with van der Waals surface area (Å²) < 4.78 is 0. The minimum atomic E-state index is 0.901. The van der Waals surface area contributed by atoms with Gasteiger partial charge < -0.3 is 4.98 Å². The highest BCUT2D eigenvalue weighted by molar-refractivity contribution is 5.80. The normalized spacial score (nSPS) is 12.0. The van der Waals surface area contributed by atoms with Crippen molar-refractivity contribution in [1.29, 1.82) is 0 Å². The van der Waals surface area contributed by atoms with E-state index in [-0.39, 0.29) is 0 Å². The highest BCUT2D eigenvalue weighted by Gasteiger charge is 2.06. The van der Waals surface area contributed by atoms with Crippen molar-refractivity contribution in [2.45, 2.75) is 0 Å². The molecule has 0 radical (unpaired) electrons. The molecule has 3 nitrogen and oxygen atoms in total. The van der Waals surface area contributed by atoms with E-state index in [1.165, 1.54) is 0 Å². The molecule has 0 amide bonds. The fourth-order valence-electron chi connectivity index (χ4n) is 2.47. The van der Waals surface area contributed by atoms with Crippen LogP contribution in [-0.2, 0) is 0 Å². The van der Waals surface area contributed by atoms with Crippen molar-refractivity contribution in [2.24, 2.45) is 0 Å². The molecule has 0 aliphatic carbocycles. The molecule has 0 saturated heterocycles. The summed E-state index contributed by atoms with van der Waals surface area (Å²) in [5.74, 6) is 0. The molecule has 0 aromatic carbocycles. The van der Waals surface area contributed by atoms with Crippen LogP contribution in [-0.4, -0.2) is 15.0 Å². The van der Waals surface area contributed by atoms with Crippen molar-refractivity contribution in [3.63, 3.8) is 0 Å². The number of rotatable bonds is 0. The summed E-state index contributed by atoms with van der Waals surface area (Å²) in [5, 5.41) is 0. The van der Waals surface area contributed by atoms with Crippen LogP contribution in [0.15, 0.2) is 60.7 Å². The first kappa shape index (κ1) is 13.5. The third kappa shape index (κ3) is 3.04. The second-order valence-electron chi connectivity index (χ2n) is 5.32. The Bertz CT molecular complexity index is 979. The molecule has 3 heteroatoms. The zero-order valence-electron chi connectivity index (χ0n) is 12.5. The van der Waals surface area contributed by atoms with Crippen molar-refractivity contribution in [3.8, 4) is 0 Å². The summed E-state index contributed by atoms with van der Waals surface area (Å²) >= 11 is 0. The van der Waals surface area contributed by atoms with Gasteiger partial charge in [-0.05, 0) is 60.7 Å². The molecule has 0 spiro atoms. The van der Waals surface area contributed by atoms with E-state index in [0.717, 1.165) is 33.8 Å². The average Bonchev–Trinajstić information content (AvgIpc) is 3.27. The molecule has 4 heterocycles. The van der Waals surface area contributed by atoms with E-state index >= 15 is 0 Å². The summed E-state index contributed by atoms with van der Waals surface area (Å²) in [7, 11) is 0. The predicted molar refractivity (Wildman–Crippen MR) is 95.8 cm³/mol. The van der Waals surface area contributed by atoms with E-state index in [1.807, 2.05) is 72.8 Å². The molecule has 110 valence electrons. The highest BCUT2D eigenvalue weighted by Crippen LogP contribution is 2.18. The molecular formula is C20H15N3. The van der Waals surface area contributed by atoms with E-state index in [9.17, 15) is 0 Å². The first-order valence-corrected chi connectivity index (χ1v) is 7.53. The summed E-state index contributed by atoms with van der Waals surface area (Å²) in [6, 6.07) is 20.2. The molecule has 4 rings (SSSR count). The van der Waals surface area contributed by atoms with Crippen LogP contribution < -0.4 is 0 Å². The van der Waals surface area contributed by atoms with E-state index in [4.69, 9.17) is 0 Å². The SMILES string of the molecule is C1=Cc2nc1ccccccc1ccc(ccc3nc2C=C3)[nH]1. The van der Waals surface area contributed by atoms with Crippen LogP contribution in [0.2, 0.25) is 0 Å². The molecule has 2 aliphatic rings. The van der Waals surface area contributed by atoms with E-state index < -0.39 is 0 Å².